The van der Waals surface area contributed by atoms with Crippen molar-refractivity contribution >= 4 is 17.7 Å². The van der Waals surface area contributed by atoms with Crippen LogP contribution < -0.4 is 0 Å². The molecule has 2 heterocycles. The summed E-state index contributed by atoms with van der Waals surface area (Å²) in [6, 6.07) is 8.61. The summed E-state index contributed by atoms with van der Waals surface area (Å²) in [5.41, 5.74) is 3.62. The summed E-state index contributed by atoms with van der Waals surface area (Å²) in [5, 5.41) is 4.21. The van der Waals surface area contributed by atoms with Crippen LogP contribution in [0.2, 0.25) is 0 Å². The number of benzene rings is 1. The van der Waals surface area contributed by atoms with Gasteiger partial charge in [0.1, 0.15) is 0 Å². The molecule has 0 unspecified atom stereocenters. The van der Waals surface area contributed by atoms with Crippen LogP contribution >= 0.6 is 0 Å². The molecule has 29 heavy (non-hydrogen) atoms. The van der Waals surface area contributed by atoms with Crippen LogP contribution in [0, 0.1) is 20.8 Å². The third kappa shape index (κ3) is 3.96. The van der Waals surface area contributed by atoms with Gasteiger partial charge in [0, 0.05) is 17.6 Å². The van der Waals surface area contributed by atoms with Crippen LogP contribution in [0.15, 0.2) is 36.5 Å². The van der Waals surface area contributed by atoms with Crippen LogP contribution in [-0.2, 0) is 9.47 Å². The summed E-state index contributed by atoms with van der Waals surface area (Å²) in [4.78, 5) is 39.4. The van der Waals surface area contributed by atoms with Crippen molar-refractivity contribution in [1.29, 1.82) is 0 Å². The molecule has 0 aliphatic rings. The monoisotopic (exact) mass is 395 g/mol. The van der Waals surface area contributed by atoms with Gasteiger partial charge in [-0.3, -0.25) is 4.79 Å². The second kappa shape index (κ2) is 8.14. The van der Waals surface area contributed by atoms with Crippen molar-refractivity contribution in [2.75, 3.05) is 13.7 Å². The minimum atomic E-state index is -0.615. The van der Waals surface area contributed by atoms with E-state index in [0.717, 1.165) is 11.4 Å². The van der Waals surface area contributed by atoms with Crippen molar-refractivity contribution in [2.45, 2.75) is 20.8 Å². The summed E-state index contributed by atoms with van der Waals surface area (Å²) in [7, 11) is 1.27. The average molecular weight is 395 g/mol. The molecule has 3 aromatic rings. The number of rotatable bonds is 6. The number of ether oxygens (including phenoxy) is 2. The Morgan fingerprint density at radius 1 is 1.03 bits per heavy atom. The lowest BCUT2D eigenvalue weighted by Gasteiger charge is -2.07. The molecule has 0 aliphatic heterocycles. The van der Waals surface area contributed by atoms with E-state index in [1.807, 2.05) is 13.0 Å². The molecule has 0 saturated carbocycles. The fourth-order valence-electron chi connectivity index (χ4n) is 3.10. The van der Waals surface area contributed by atoms with E-state index < -0.39 is 24.3 Å². The smallest absolute Gasteiger partial charge is 0.339 e. The molecular formula is C21H21N3O5. The van der Waals surface area contributed by atoms with Gasteiger partial charge in [0.15, 0.2) is 6.61 Å². The van der Waals surface area contributed by atoms with Gasteiger partial charge in [-0.1, -0.05) is 0 Å². The van der Waals surface area contributed by atoms with E-state index >= 15 is 0 Å². The number of hydrogen-bond donors (Lipinski definition) is 1. The molecule has 1 aromatic carbocycles. The van der Waals surface area contributed by atoms with Gasteiger partial charge < -0.3 is 14.5 Å². The molecule has 2 aromatic heterocycles. The zero-order valence-electron chi connectivity index (χ0n) is 16.6. The van der Waals surface area contributed by atoms with E-state index in [0.29, 0.717) is 22.4 Å². The topological polar surface area (TPSA) is 103 Å². The lowest BCUT2D eigenvalue weighted by molar-refractivity contribution is 0.0473. The van der Waals surface area contributed by atoms with Crippen molar-refractivity contribution in [3.05, 3.63) is 70.3 Å². The molecule has 0 aliphatic carbocycles. The normalized spacial score (nSPS) is 10.6. The number of Topliss-reactive ketones (excluding diaryl/α,β-unsaturated/α-hetero) is 1. The molecule has 0 fully saturated rings. The second-order valence-electron chi connectivity index (χ2n) is 6.55. The number of methoxy groups -OCH3 is 1. The minimum absolute atomic E-state index is 0.222. The fourth-order valence-corrected chi connectivity index (χ4v) is 3.10. The standard InChI is InChI=1S/C21H21N3O5/c1-12-9-10-22-24(12)16-7-5-15(6-8-16)20(26)29-11-17(25)19-13(2)18(14(3)23-19)21(27)28-4/h5-10,23H,11H2,1-4H3. The maximum absolute atomic E-state index is 12.5. The molecule has 0 amide bonds. The average Bonchev–Trinajstić information content (AvgIpc) is 3.28. The summed E-state index contributed by atoms with van der Waals surface area (Å²) in [6.45, 7) is 4.79. The van der Waals surface area contributed by atoms with E-state index in [2.05, 4.69) is 10.1 Å². The van der Waals surface area contributed by atoms with E-state index in [9.17, 15) is 14.4 Å². The Morgan fingerprint density at radius 3 is 2.31 bits per heavy atom. The van der Waals surface area contributed by atoms with Crippen molar-refractivity contribution < 1.29 is 23.9 Å². The zero-order chi connectivity index (χ0) is 21.1. The number of aromatic amines is 1. The first kappa shape index (κ1) is 20.1. The van der Waals surface area contributed by atoms with Crippen LogP contribution in [0.4, 0.5) is 0 Å². The summed E-state index contributed by atoms with van der Waals surface area (Å²) in [6.07, 6.45) is 1.69. The third-order valence-corrected chi connectivity index (χ3v) is 4.62. The number of nitrogens with zero attached hydrogens (tertiary/aromatic N) is 2. The maximum Gasteiger partial charge on any atom is 0.339 e. The summed E-state index contributed by atoms with van der Waals surface area (Å²) < 4.78 is 11.6. The first-order chi connectivity index (χ1) is 13.8. The molecule has 150 valence electrons. The van der Waals surface area contributed by atoms with E-state index in [1.165, 1.54) is 7.11 Å². The molecule has 8 nitrogen and oxygen atoms in total. The number of carbonyl (C=O) groups is 3. The van der Waals surface area contributed by atoms with Gasteiger partial charge in [-0.2, -0.15) is 5.10 Å². The predicted molar refractivity (Wildman–Crippen MR) is 105 cm³/mol. The second-order valence-corrected chi connectivity index (χ2v) is 6.55. The molecule has 8 heteroatoms. The Balaban J connectivity index is 1.67. The van der Waals surface area contributed by atoms with Gasteiger partial charge in [0.25, 0.3) is 0 Å². The molecule has 0 radical (unpaired) electrons. The van der Waals surface area contributed by atoms with Crippen LogP contribution in [0.25, 0.3) is 5.69 Å². The van der Waals surface area contributed by atoms with Crippen LogP contribution in [-0.4, -0.2) is 46.2 Å². The first-order valence-corrected chi connectivity index (χ1v) is 8.92. The van der Waals surface area contributed by atoms with E-state index in [4.69, 9.17) is 9.47 Å². The minimum Gasteiger partial charge on any atom is -0.465 e. The Labute approximate surface area is 167 Å². The number of aryl methyl sites for hydroxylation is 2. The van der Waals surface area contributed by atoms with Gasteiger partial charge in [0.05, 0.1) is 29.6 Å². The molecule has 0 saturated heterocycles. The number of ketones is 1. The molecule has 0 spiro atoms. The highest BCUT2D eigenvalue weighted by atomic mass is 16.5. The highest BCUT2D eigenvalue weighted by Gasteiger charge is 2.23. The first-order valence-electron chi connectivity index (χ1n) is 8.92. The number of aromatic nitrogens is 3. The van der Waals surface area contributed by atoms with E-state index in [-0.39, 0.29) is 5.69 Å². The summed E-state index contributed by atoms with van der Waals surface area (Å²) >= 11 is 0. The molecule has 1 N–H and O–H groups in total. The van der Waals surface area contributed by atoms with Gasteiger partial charge >= 0.3 is 11.9 Å². The van der Waals surface area contributed by atoms with Gasteiger partial charge in [-0.25, -0.2) is 14.3 Å². The van der Waals surface area contributed by atoms with Gasteiger partial charge in [-0.05, 0) is 56.7 Å². The Bertz CT molecular complexity index is 1080. The molecule has 0 bridgehead atoms. The number of H-pyrrole nitrogens is 1. The number of nitrogens with one attached hydrogen (secondary N) is 1. The number of carbonyl (C=O) groups excluding carboxylic acids is 3. The Kier molecular flexibility index (Phi) is 5.63. The van der Waals surface area contributed by atoms with Crippen LogP contribution in [0.1, 0.15) is 48.2 Å². The van der Waals surface area contributed by atoms with Crippen LogP contribution in [0.3, 0.4) is 0 Å². The molecule has 0 atom stereocenters. The SMILES string of the molecule is COC(=O)c1c(C)[nH]c(C(=O)COC(=O)c2ccc(-n3nccc3C)cc2)c1C. The quantitative estimate of drug-likeness (QED) is 0.508. The largest absolute Gasteiger partial charge is 0.465 e. The number of esters is 2. The predicted octanol–water partition coefficient (Wildman–Crippen LogP) is 2.95. The van der Waals surface area contributed by atoms with Crippen molar-refractivity contribution in [3.63, 3.8) is 0 Å². The Hall–Kier alpha value is -3.68. The Morgan fingerprint density at radius 2 is 1.72 bits per heavy atom. The molecular weight excluding hydrogens is 374 g/mol. The summed E-state index contributed by atoms with van der Waals surface area (Å²) in [5.74, 6) is -1.58. The lowest BCUT2D eigenvalue weighted by atomic mass is 10.1. The van der Waals surface area contributed by atoms with Crippen molar-refractivity contribution in [2.24, 2.45) is 0 Å². The van der Waals surface area contributed by atoms with Crippen LogP contribution in [0.5, 0.6) is 0 Å². The lowest BCUT2D eigenvalue weighted by Crippen LogP contribution is -2.15. The van der Waals surface area contributed by atoms with Crippen molar-refractivity contribution in [1.82, 2.24) is 14.8 Å². The molecule has 3 rings (SSSR count). The zero-order valence-corrected chi connectivity index (χ0v) is 16.6. The highest BCUT2D eigenvalue weighted by molar-refractivity contribution is 6.03. The highest BCUT2D eigenvalue weighted by Crippen LogP contribution is 2.19. The van der Waals surface area contributed by atoms with Gasteiger partial charge in [-0.15, -0.1) is 0 Å². The van der Waals surface area contributed by atoms with Gasteiger partial charge in [0.2, 0.25) is 5.78 Å². The third-order valence-electron chi connectivity index (χ3n) is 4.62. The fraction of sp³-hybridized carbons (Fsp3) is 0.238. The van der Waals surface area contributed by atoms with Crippen molar-refractivity contribution in [3.8, 4) is 5.69 Å². The number of hydrogen-bond acceptors (Lipinski definition) is 6. The maximum atomic E-state index is 12.5. The van der Waals surface area contributed by atoms with E-state index in [1.54, 1.807) is 49.0 Å².